The molecule has 0 saturated carbocycles. The van der Waals surface area contributed by atoms with E-state index < -0.39 is 0 Å². The SMILES string of the molecule is NC(=NC[C@H]1CCCO1)SCc1ccccc1Br. The Bertz CT molecular complexity index is 419. The third-order valence-electron chi connectivity index (χ3n) is 2.81. The van der Waals surface area contributed by atoms with Crippen LogP contribution in [0, 0.1) is 0 Å². The van der Waals surface area contributed by atoms with Crippen molar-refractivity contribution in [3.05, 3.63) is 34.3 Å². The van der Waals surface area contributed by atoms with Crippen LogP contribution < -0.4 is 5.73 Å². The van der Waals surface area contributed by atoms with Gasteiger partial charge in [0.25, 0.3) is 0 Å². The van der Waals surface area contributed by atoms with Crippen LogP contribution in [0.2, 0.25) is 0 Å². The van der Waals surface area contributed by atoms with Crippen molar-refractivity contribution in [2.24, 2.45) is 10.7 Å². The predicted molar refractivity (Wildman–Crippen MR) is 80.9 cm³/mol. The third kappa shape index (κ3) is 4.30. The molecule has 0 unspecified atom stereocenters. The molecule has 0 amide bonds. The summed E-state index contributed by atoms with van der Waals surface area (Å²) in [5.74, 6) is 0.836. The highest BCUT2D eigenvalue weighted by Gasteiger charge is 2.14. The van der Waals surface area contributed by atoms with Gasteiger partial charge in [-0.2, -0.15) is 0 Å². The summed E-state index contributed by atoms with van der Waals surface area (Å²) in [4.78, 5) is 4.37. The number of ether oxygens (including phenoxy) is 1. The maximum atomic E-state index is 5.89. The highest BCUT2D eigenvalue weighted by molar-refractivity contribution is 9.10. The van der Waals surface area contributed by atoms with E-state index in [2.05, 4.69) is 27.0 Å². The number of aliphatic imine (C=N–C) groups is 1. The molecule has 0 spiro atoms. The fourth-order valence-electron chi connectivity index (χ4n) is 1.79. The first-order chi connectivity index (χ1) is 8.75. The number of nitrogens with zero attached hydrogens (tertiary/aromatic N) is 1. The molecule has 2 N–H and O–H groups in total. The Morgan fingerprint density at radius 1 is 1.50 bits per heavy atom. The standard InChI is InChI=1S/C13H17BrN2OS/c14-12-6-2-1-4-10(12)9-18-13(15)16-8-11-5-3-7-17-11/h1-2,4,6,11H,3,5,7-9H2,(H2,15,16)/t11-/m1/s1. The first-order valence-corrected chi connectivity index (χ1v) is 7.81. The van der Waals surface area contributed by atoms with Gasteiger partial charge in [0.05, 0.1) is 12.6 Å². The van der Waals surface area contributed by atoms with Gasteiger partial charge in [0.2, 0.25) is 0 Å². The lowest BCUT2D eigenvalue weighted by atomic mass is 10.2. The van der Waals surface area contributed by atoms with Gasteiger partial charge in [0, 0.05) is 16.8 Å². The molecule has 2 rings (SSSR count). The van der Waals surface area contributed by atoms with Crippen molar-refractivity contribution < 1.29 is 4.74 Å². The van der Waals surface area contributed by atoms with Gasteiger partial charge in [-0.15, -0.1) is 0 Å². The summed E-state index contributed by atoms with van der Waals surface area (Å²) in [5, 5.41) is 0.640. The summed E-state index contributed by atoms with van der Waals surface area (Å²) in [5.41, 5.74) is 7.13. The van der Waals surface area contributed by atoms with Gasteiger partial charge in [0.1, 0.15) is 0 Å². The van der Waals surface area contributed by atoms with Crippen LogP contribution in [0.1, 0.15) is 18.4 Å². The van der Waals surface area contributed by atoms with E-state index in [1.54, 1.807) is 11.8 Å². The Balaban J connectivity index is 1.78. The number of nitrogens with two attached hydrogens (primary N) is 1. The first kappa shape index (κ1) is 13.9. The molecular formula is C13H17BrN2OS. The summed E-state index contributed by atoms with van der Waals surface area (Å²) in [6.07, 6.45) is 2.52. The van der Waals surface area contributed by atoms with Gasteiger partial charge >= 0.3 is 0 Å². The molecule has 1 fully saturated rings. The Labute approximate surface area is 120 Å². The molecule has 1 heterocycles. The zero-order valence-corrected chi connectivity index (χ0v) is 12.5. The van der Waals surface area contributed by atoms with Crippen molar-refractivity contribution in [2.75, 3.05) is 13.2 Å². The molecule has 98 valence electrons. The van der Waals surface area contributed by atoms with E-state index in [0.717, 1.165) is 29.7 Å². The molecule has 1 aromatic carbocycles. The lowest BCUT2D eigenvalue weighted by Crippen LogP contribution is -2.14. The summed E-state index contributed by atoms with van der Waals surface area (Å²) in [7, 11) is 0. The first-order valence-electron chi connectivity index (χ1n) is 6.03. The van der Waals surface area contributed by atoms with Crippen LogP contribution in [0.5, 0.6) is 0 Å². The van der Waals surface area contributed by atoms with Crippen LogP contribution >= 0.6 is 27.7 Å². The van der Waals surface area contributed by atoms with Crippen LogP contribution in [-0.2, 0) is 10.5 Å². The molecular weight excluding hydrogens is 312 g/mol. The number of halogens is 1. The fraction of sp³-hybridized carbons (Fsp3) is 0.462. The third-order valence-corrected chi connectivity index (χ3v) is 4.46. The number of thioether (sulfide) groups is 1. The van der Waals surface area contributed by atoms with Gasteiger partial charge < -0.3 is 10.5 Å². The molecule has 1 aliphatic rings. The molecule has 3 nitrogen and oxygen atoms in total. The summed E-state index contributed by atoms with van der Waals surface area (Å²) in [6, 6.07) is 8.16. The number of rotatable bonds is 4. The smallest absolute Gasteiger partial charge is 0.154 e. The van der Waals surface area contributed by atoms with Crippen LogP contribution in [0.4, 0.5) is 0 Å². The second kappa shape index (κ2) is 7.16. The number of amidine groups is 1. The van der Waals surface area contributed by atoms with Gasteiger partial charge in [-0.3, -0.25) is 4.99 Å². The second-order valence-electron chi connectivity index (χ2n) is 4.19. The zero-order chi connectivity index (χ0) is 12.8. The molecule has 0 radical (unpaired) electrons. The molecule has 0 aromatic heterocycles. The minimum absolute atomic E-state index is 0.271. The Kier molecular flexibility index (Phi) is 5.53. The highest BCUT2D eigenvalue weighted by Crippen LogP contribution is 2.21. The van der Waals surface area contributed by atoms with Crippen molar-refractivity contribution in [3.8, 4) is 0 Å². The Hall–Kier alpha value is -0.520. The monoisotopic (exact) mass is 328 g/mol. The predicted octanol–water partition coefficient (Wildman–Crippen LogP) is 3.18. The van der Waals surface area contributed by atoms with Gasteiger partial charge in [-0.05, 0) is 24.5 Å². The van der Waals surface area contributed by atoms with E-state index in [9.17, 15) is 0 Å². The van der Waals surface area contributed by atoms with Gasteiger partial charge in [-0.25, -0.2) is 0 Å². The van der Waals surface area contributed by atoms with E-state index in [0.29, 0.717) is 11.7 Å². The van der Waals surface area contributed by atoms with Crippen LogP contribution in [-0.4, -0.2) is 24.4 Å². The lowest BCUT2D eigenvalue weighted by molar-refractivity contribution is 0.118. The number of hydrogen-bond donors (Lipinski definition) is 1. The Morgan fingerprint density at radius 3 is 3.06 bits per heavy atom. The van der Waals surface area contributed by atoms with Crippen molar-refractivity contribution in [2.45, 2.75) is 24.7 Å². The van der Waals surface area contributed by atoms with Crippen LogP contribution in [0.25, 0.3) is 0 Å². The molecule has 5 heteroatoms. The fourth-order valence-corrected chi connectivity index (χ4v) is 3.12. The molecule has 0 aliphatic carbocycles. The van der Waals surface area contributed by atoms with Crippen molar-refractivity contribution in [1.82, 2.24) is 0 Å². The molecule has 1 atom stereocenters. The maximum absolute atomic E-state index is 5.89. The largest absolute Gasteiger partial charge is 0.379 e. The van der Waals surface area contributed by atoms with E-state index in [4.69, 9.17) is 10.5 Å². The number of benzene rings is 1. The van der Waals surface area contributed by atoms with Crippen molar-refractivity contribution in [1.29, 1.82) is 0 Å². The minimum Gasteiger partial charge on any atom is -0.379 e. The second-order valence-corrected chi connectivity index (χ2v) is 6.04. The normalized spacial score (nSPS) is 20.3. The van der Waals surface area contributed by atoms with Crippen molar-refractivity contribution >= 4 is 32.9 Å². The summed E-state index contributed by atoms with van der Waals surface area (Å²) in [6.45, 7) is 1.55. The molecule has 1 aliphatic heterocycles. The summed E-state index contributed by atoms with van der Waals surface area (Å²) < 4.78 is 6.62. The zero-order valence-electron chi connectivity index (χ0n) is 10.1. The van der Waals surface area contributed by atoms with Crippen molar-refractivity contribution in [3.63, 3.8) is 0 Å². The average Bonchev–Trinajstić information content (AvgIpc) is 2.88. The van der Waals surface area contributed by atoms with Gasteiger partial charge in [0.15, 0.2) is 5.17 Å². The van der Waals surface area contributed by atoms with Crippen LogP contribution in [0.15, 0.2) is 33.7 Å². The minimum atomic E-state index is 0.271. The summed E-state index contributed by atoms with van der Waals surface area (Å²) >= 11 is 5.09. The van der Waals surface area contributed by atoms with E-state index in [1.165, 1.54) is 5.56 Å². The molecule has 18 heavy (non-hydrogen) atoms. The molecule has 1 saturated heterocycles. The van der Waals surface area contributed by atoms with E-state index in [1.807, 2.05) is 18.2 Å². The average molecular weight is 329 g/mol. The maximum Gasteiger partial charge on any atom is 0.154 e. The Morgan fingerprint density at radius 2 is 2.33 bits per heavy atom. The highest BCUT2D eigenvalue weighted by atomic mass is 79.9. The lowest BCUT2D eigenvalue weighted by Gasteiger charge is -2.07. The van der Waals surface area contributed by atoms with Gasteiger partial charge in [-0.1, -0.05) is 45.9 Å². The van der Waals surface area contributed by atoms with Crippen LogP contribution in [0.3, 0.4) is 0 Å². The van der Waals surface area contributed by atoms with E-state index >= 15 is 0 Å². The van der Waals surface area contributed by atoms with E-state index in [-0.39, 0.29) is 6.10 Å². The molecule has 0 bridgehead atoms. The molecule has 1 aromatic rings. The number of hydrogen-bond acceptors (Lipinski definition) is 3. The quantitative estimate of drug-likeness (QED) is 0.682. The topological polar surface area (TPSA) is 47.6 Å².